The van der Waals surface area contributed by atoms with Crippen molar-refractivity contribution in [2.75, 3.05) is 19.6 Å². The van der Waals surface area contributed by atoms with Crippen molar-refractivity contribution in [1.82, 2.24) is 4.90 Å². The summed E-state index contributed by atoms with van der Waals surface area (Å²) in [5, 5.41) is 0. The number of nitrogens with zero attached hydrogens (tertiary/aromatic N) is 1. The Balaban J connectivity index is 2.12. The van der Waals surface area contributed by atoms with E-state index in [0.717, 1.165) is 6.54 Å². The van der Waals surface area contributed by atoms with E-state index in [-0.39, 0.29) is 0 Å². The fourth-order valence-corrected chi connectivity index (χ4v) is 1.36. The molecule has 0 saturated carbocycles. The van der Waals surface area contributed by atoms with Crippen LogP contribution in [-0.4, -0.2) is 24.5 Å². The van der Waals surface area contributed by atoms with E-state index in [4.69, 9.17) is 0 Å². The van der Waals surface area contributed by atoms with E-state index in [0.29, 0.717) is 0 Å². The molecule has 0 aromatic carbocycles. The maximum atomic E-state index is 3.97. The predicted octanol–water partition coefficient (Wildman–Crippen LogP) is 2.05. The molecule has 1 aliphatic heterocycles. The van der Waals surface area contributed by atoms with Gasteiger partial charge in [-0.2, -0.15) is 0 Å². The number of unbranched alkanes of at least 4 members (excludes halogenated alkanes) is 1. The van der Waals surface area contributed by atoms with Crippen molar-refractivity contribution in [1.29, 1.82) is 0 Å². The minimum absolute atomic E-state index is 1.15. The summed E-state index contributed by atoms with van der Waals surface area (Å²) >= 11 is 0. The first-order valence-electron chi connectivity index (χ1n) is 4.22. The smallest absolute Gasteiger partial charge is 0.0190 e. The summed E-state index contributed by atoms with van der Waals surface area (Å²) in [7, 11) is 0. The molecule has 0 aliphatic carbocycles. The first kappa shape index (κ1) is 7.80. The predicted molar refractivity (Wildman–Crippen MR) is 45.1 cm³/mol. The molecule has 0 radical (unpaired) electrons. The van der Waals surface area contributed by atoms with E-state index in [1.54, 1.807) is 0 Å². The highest BCUT2D eigenvalue weighted by atomic mass is 15.1. The molecule has 1 nitrogen and oxygen atoms in total. The zero-order valence-electron chi connectivity index (χ0n) is 6.90. The fraction of sp³-hybridized carbons (Fsp3) is 0.778. The second-order valence-electron chi connectivity index (χ2n) is 3.13. The van der Waals surface area contributed by atoms with Crippen LogP contribution in [-0.2, 0) is 0 Å². The summed E-state index contributed by atoms with van der Waals surface area (Å²) in [5.41, 5.74) is 1.41. The molecule has 0 spiro atoms. The van der Waals surface area contributed by atoms with Crippen molar-refractivity contribution in [3.05, 3.63) is 12.2 Å². The van der Waals surface area contributed by atoms with Crippen molar-refractivity contribution in [2.24, 2.45) is 0 Å². The number of hydrogen-bond donors (Lipinski definition) is 0. The maximum absolute atomic E-state index is 3.97. The van der Waals surface area contributed by atoms with Crippen LogP contribution in [0.1, 0.15) is 26.2 Å². The zero-order valence-corrected chi connectivity index (χ0v) is 6.90. The van der Waals surface area contributed by atoms with Crippen molar-refractivity contribution < 1.29 is 0 Å². The van der Waals surface area contributed by atoms with E-state index in [9.17, 15) is 0 Å². The molecule has 1 fully saturated rings. The van der Waals surface area contributed by atoms with Gasteiger partial charge in [0.15, 0.2) is 0 Å². The first-order valence-corrected chi connectivity index (χ1v) is 4.22. The lowest BCUT2D eigenvalue weighted by Crippen LogP contribution is -2.20. The van der Waals surface area contributed by atoms with E-state index < -0.39 is 0 Å². The van der Waals surface area contributed by atoms with Crippen molar-refractivity contribution in [2.45, 2.75) is 26.2 Å². The van der Waals surface area contributed by atoms with Crippen LogP contribution in [0.2, 0.25) is 0 Å². The summed E-state index contributed by atoms with van der Waals surface area (Å²) in [4.78, 5) is 2.49. The molecule has 0 bridgehead atoms. The lowest BCUT2D eigenvalue weighted by molar-refractivity contribution is 0.338. The highest BCUT2D eigenvalue weighted by Gasteiger charge is 2.12. The molecule has 1 aliphatic rings. The molecular formula is C9H17N. The van der Waals surface area contributed by atoms with Crippen LogP contribution in [0.15, 0.2) is 12.2 Å². The molecule has 0 N–H and O–H groups in total. The summed E-state index contributed by atoms with van der Waals surface area (Å²) in [6.07, 6.45) is 3.87. The van der Waals surface area contributed by atoms with Crippen LogP contribution in [0.4, 0.5) is 0 Å². The topological polar surface area (TPSA) is 3.24 Å². The third-order valence-electron chi connectivity index (χ3n) is 2.06. The van der Waals surface area contributed by atoms with Gasteiger partial charge in [-0.15, -0.1) is 0 Å². The molecule has 1 heterocycles. The molecule has 58 valence electrons. The van der Waals surface area contributed by atoms with E-state index in [1.165, 1.54) is 37.9 Å². The van der Waals surface area contributed by atoms with Gasteiger partial charge >= 0.3 is 0 Å². The minimum Gasteiger partial charge on any atom is -0.299 e. The lowest BCUT2D eigenvalue weighted by atomic mass is 10.3. The third kappa shape index (κ3) is 2.14. The van der Waals surface area contributed by atoms with Gasteiger partial charge in [-0.3, -0.25) is 4.90 Å². The lowest BCUT2D eigenvalue weighted by Gasteiger charge is -2.12. The third-order valence-corrected chi connectivity index (χ3v) is 2.06. The fourth-order valence-electron chi connectivity index (χ4n) is 1.36. The minimum atomic E-state index is 1.15. The number of rotatable bonds is 3. The summed E-state index contributed by atoms with van der Waals surface area (Å²) in [5.74, 6) is 0. The van der Waals surface area contributed by atoms with Gasteiger partial charge in [0.05, 0.1) is 0 Å². The largest absolute Gasteiger partial charge is 0.299 e. The van der Waals surface area contributed by atoms with Gasteiger partial charge in [-0.05, 0) is 19.4 Å². The van der Waals surface area contributed by atoms with Crippen LogP contribution in [0.3, 0.4) is 0 Å². The van der Waals surface area contributed by atoms with Crippen LogP contribution < -0.4 is 0 Å². The highest BCUT2D eigenvalue weighted by Crippen LogP contribution is 2.12. The summed E-state index contributed by atoms with van der Waals surface area (Å²) in [6.45, 7) is 9.89. The van der Waals surface area contributed by atoms with Gasteiger partial charge in [0.2, 0.25) is 0 Å². The summed E-state index contributed by atoms with van der Waals surface area (Å²) < 4.78 is 0. The van der Waals surface area contributed by atoms with E-state index >= 15 is 0 Å². The Hall–Kier alpha value is -0.300. The molecule has 0 amide bonds. The van der Waals surface area contributed by atoms with Gasteiger partial charge in [0.1, 0.15) is 0 Å². The van der Waals surface area contributed by atoms with Gasteiger partial charge in [0, 0.05) is 13.1 Å². The van der Waals surface area contributed by atoms with Gasteiger partial charge < -0.3 is 0 Å². The van der Waals surface area contributed by atoms with Crippen LogP contribution in [0, 0.1) is 0 Å². The second-order valence-corrected chi connectivity index (χ2v) is 3.13. The second kappa shape index (κ2) is 3.77. The Morgan fingerprint density at radius 3 is 2.90 bits per heavy atom. The average molecular weight is 139 g/mol. The van der Waals surface area contributed by atoms with Crippen molar-refractivity contribution >= 4 is 0 Å². The van der Waals surface area contributed by atoms with E-state index in [1.807, 2.05) is 0 Å². The number of likely N-dealkylation sites (tertiary alicyclic amines) is 1. The molecule has 0 atom stereocenters. The molecule has 1 rings (SSSR count). The Labute approximate surface area is 63.7 Å². The van der Waals surface area contributed by atoms with Crippen molar-refractivity contribution in [3.8, 4) is 0 Å². The molecule has 1 heteroatoms. The zero-order chi connectivity index (χ0) is 7.40. The van der Waals surface area contributed by atoms with Crippen LogP contribution >= 0.6 is 0 Å². The maximum Gasteiger partial charge on any atom is 0.0190 e. The van der Waals surface area contributed by atoms with Gasteiger partial charge in [0.25, 0.3) is 0 Å². The molecule has 1 saturated heterocycles. The Morgan fingerprint density at radius 1 is 1.60 bits per heavy atom. The monoisotopic (exact) mass is 139 g/mol. The Kier molecular flexibility index (Phi) is 2.94. The number of hydrogen-bond acceptors (Lipinski definition) is 1. The molecule has 10 heavy (non-hydrogen) atoms. The highest BCUT2D eigenvalue weighted by molar-refractivity contribution is 5.03. The standard InChI is InChI=1S/C9H17N/c1-3-4-6-10-7-5-9(2)8-10/h2-8H2,1H3. The molecule has 0 aromatic rings. The van der Waals surface area contributed by atoms with E-state index in [2.05, 4.69) is 18.4 Å². The average Bonchev–Trinajstić information content (AvgIpc) is 2.31. The first-order chi connectivity index (χ1) is 4.83. The summed E-state index contributed by atoms with van der Waals surface area (Å²) in [6, 6.07) is 0. The van der Waals surface area contributed by atoms with Crippen LogP contribution in [0.5, 0.6) is 0 Å². The molecule has 0 aromatic heterocycles. The SMILES string of the molecule is C=C1CCN(CCCC)C1. The Morgan fingerprint density at radius 2 is 2.40 bits per heavy atom. The normalized spacial score (nSPS) is 20.3. The quantitative estimate of drug-likeness (QED) is 0.541. The van der Waals surface area contributed by atoms with Gasteiger partial charge in [-0.25, -0.2) is 0 Å². The van der Waals surface area contributed by atoms with Crippen molar-refractivity contribution in [3.63, 3.8) is 0 Å². The van der Waals surface area contributed by atoms with Gasteiger partial charge in [-0.1, -0.05) is 25.5 Å². The molecular weight excluding hydrogens is 122 g/mol. The molecule has 0 unspecified atom stereocenters. The Bertz CT molecular complexity index is 118. The van der Waals surface area contributed by atoms with Crippen LogP contribution in [0.25, 0.3) is 0 Å².